The Morgan fingerprint density at radius 2 is 1.79 bits per heavy atom. The van der Waals surface area contributed by atoms with E-state index in [1.165, 1.54) is 5.69 Å². The number of piperazine rings is 1. The lowest BCUT2D eigenvalue weighted by Gasteiger charge is -2.37. The van der Waals surface area contributed by atoms with Crippen LogP contribution in [0.25, 0.3) is 11.0 Å². The van der Waals surface area contributed by atoms with Crippen LogP contribution in [0.2, 0.25) is 0 Å². The minimum atomic E-state index is 0.0862. The molecule has 148 valence electrons. The van der Waals surface area contributed by atoms with Gasteiger partial charge in [-0.15, -0.1) is 0 Å². The van der Waals surface area contributed by atoms with Gasteiger partial charge < -0.3 is 15.2 Å². The van der Waals surface area contributed by atoms with Crippen LogP contribution in [0.3, 0.4) is 0 Å². The molecule has 0 spiro atoms. The number of fused-ring (bicyclic) bond motifs is 1. The number of hydrogen-bond acceptors (Lipinski definition) is 4. The van der Waals surface area contributed by atoms with Gasteiger partial charge in [-0.3, -0.25) is 4.90 Å². The third-order valence-electron chi connectivity index (χ3n) is 5.76. The molecular formula is C23H31N5. The number of H-pyrrole nitrogens is 1. The Morgan fingerprint density at radius 3 is 2.57 bits per heavy atom. The molecule has 0 atom stereocenters. The maximum atomic E-state index is 4.69. The van der Waals surface area contributed by atoms with Gasteiger partial charge in [-0.2, -0.15) is 0 Å². The number of benzene rings is 1. The molecule has 1 aromatic carbocycles. The van der Waals surface area contributed by atoms with Crippen LogP contribution in [0.5, 0.6) is 0 Å². The normalized spacial score (nSPS) is 16.0. The van der Waals surface area contributed by atoms with Gasteiger partial charge in [0.25, 0.3) is 0 Å². The zero-order valence-corrected chi connectivity index (χ0v) is 17.0. The highest BCUT2D eigenvalue weighted by Gasteiger charge is 2.22. The lowest BCUT2D eigenvalue weighted by atomic mass is 10.00. The van der Waals surface area contributed by atoms with Crippen LogP contribution in [0.4, 0.5) is 5.69 Å². The Labute approximate surface area is 167 Å². The molecule has 1 fully saturated rings. The number of para-hydroxylation sites is 1. The number of pyridine rings is 1. The number of rotatable bonds is 7. The van der Waals surface area contributed by atoms with E-state index in [-0.39, 0.29) is 5.54 Å². The van der Waals surface area contributed by atoms with Crippen molar-refractivity contribution < 1.29 is 0 Å². The van der Waals surface area contributed by atoms with Crippen molar-refractivity contribution in [2.75, 3.05) is 37.6 Å². The molecular weight excluding hydrogens is 346 g/mol. The number of nitrogens with zero attached hydrogens (tertiary/aromatic N) is 3. The molecule has 3 heterocycles. The topological polar surface area (TPSA) is 47.2 Å². The standard InChI is InChI=1S/C23H31N5/c1-23(2,25-18-20-9-8-19-10-12-24-22(19)26-20)11-13-27-14-16-28(17-15-27)21-6-4-3-5-7-21/h3-10,12,25H,11,13-18H2,1-2H3,(H,24,26). The van der Waals surface area contributed by atoms with Gasteiger partial charge in [-0.05, 0) is 50.6 Å². The van der Waals surface area contributed by atoms with Gasteiger partial charge in [0, 0.05) is 62.1 Å². The van der Waals surface area contributed by atoms with Gasteiger partial charge >= 0.3 is 0 Å². The Hall–Kier alpha value is -2.37. The lowest BCUT2D eigenvalue weighted by Crippen LogP contribution is -2.49. The van der Waals surface area contributed by atoms with Gasteiger partial charge in [0.2, 0.25) is 0 Å². The van der Waals surface area contributed by atoms with Crippen LogP contribution in [0.15, 0.2) is 54.7 Å². The fraction of sp³-hybridized carbons (Fsp3) is 0.435. The maximum Gasteiger partial charge on any atom is 0.137 e. The van der Waals surface area contributed by atoms with Crippen molar-refractivity contribution in [1.29, 1.82) is 0 Å². The first-order valence-electron chi connectivity index (χ1n) is 10.3. The second-order valence-electron chi connectivity index (χ2n) is 8.37. The van der Waals surface area contributed by atoms with E-state index in [4.69, 9.17) is 4.98 Å². The van der Waals surface area contributed by atoms with E-state index in [2.05, 4.69) is 82.5 Å². The Morgan fingerprint density at radius 1 is 1.00 bits per heavy atom. The fourth-order valence-electron chi connectivity index (χ4n) is 3.79. The summed E-state index contributed by atoms with van der Waals surface area (Å²) in [6, 6.07) is 17.1. The summed E-state index contributed by atoms with van der Waals surface area (Å²) in [5, 5.41) is 4.86. The fourth-order valence-corrected chi connectivity index (χ4v) is 3.79. The van der Waals surface area contributed by atoms with Gasteiger partial charge in [0.1, 0.15) is 5.65 Å². The van der Waals surface area contributed by atoms with Crippen LogP contribution < -0.4 is 10.2 Å². The van der Waals surface area contributed by atoms with E-state index in [1.54, 1.807) is 0 Å². The van der Waals surface area contributed by atoms with Crippen LogP contribution in [-0.4, -0.2) is 53.1 Å². The molecule has 0 bridgehead atoms. The summed E-state index contributed by atoms with van der Waals surface area (Å²) < 4.78 is 0. The summed E-state index contributed by atoms with van der Waals surface area (Å²) in [5.41, 5.74) is 3.48. The van der Waals surface area contributed by atoms with Crippen molar-refractivity contribution >= 4 is 16.7 Å². The highest BCUT2D eigenvalue weighted by atomic mass is 15.3. The van der Waals surface area contributed by atoms with Crippen molar-refractivity contribution in [1.82, 2.24) is 20.2 Å². The van der Waals surface area contributed by atoms with Gasteiger partial charge in [0.05, 0.1) is 5.69 Å². The van der Waals surface area contributed by atoms with Crippen molar-refractivity contribution in [3.05, 3.63) is 60.4 Å². The summed E-state index contributed by atoms with van der Waals surface area (Å²) in [5.74, 6) is 0. The van der Waals surface area contributed by atoms with Crippen LogP contribution in [0, 0.1) is 0 Å². The molecule has 2 aromatic heterocycles. The van der Waals surface area contributed by atoms with Crippen molar-refractivity contribution in [2.45, 2.75) is 32.4 Å². The van der Waals surface area contributed by atoms with E-state index in [1.807, 2.05) is 6.20 Å². The lowest BCUT2D eigenvalue weighted by molar-refractivity contribution is 0.221. The zero-order valence-electron chi connectivity index (χ0n) is 17.0. The summed E-state index contributed by atoms with van der Waals surface area (Å²) in [6.45, 7) is 11.0. The van der Waals surface area contributed by atoms with E-state index in [9.17, 15) is 0 Å². The first-order chi connectivity index (χ1) is 13.6. The predicted octanol–water partition coefficient (Wildman–Crippen LogP) is 3.64. The molecule has 0 unspecified atom stereocenters. The molecule has 2 N–H and O–H groups in total. The molecule has 28 heavy (non-hydrogen) atoms. The summed E-state index contributed by atoms with van der Waals surface area (Å²) in [7, 11) is 0. The van der Waals surface area contributed by atoms with Crippen molar-refractivity contribution in [2.24, 2.45) is 0 Å². The third kappa shape index (κ3) is 4.72. The number of aromatic nitrogens is 2. The molecule has 1 aliphatic heterocycles. The SMILES string of the molecule is CC(C)(CCN1CCN(c2ccccc2)CC1)NCc1ccc2cc[nH]c2n1. The highest BCUT2D eigenvalue weighted by Crippen LogP contribution is 2.17. The first-order valence-corrected chi connectivity index (χ1v) is 10.3. The van der Waals surface area contributed by atoms with Gasteiger partial charge in [-0.25, -0.2) is 4.98 Å². The average molecular weight is 378 g/mol. The van der Waals surface area contributed by atoms with E-state index >= 15 is 0 Å². The monoisotopic (exact) mass is 377 g/mol. The number of nitrogens with one attached hydrogen (secondary N) is 2. The molecule has 0 amide bonds. The predicted molar refractivity (Wildman–Crippen MR) is 117 cm³/mol. The molecule has 1 aliphatic rings. The average Bonchev–Trinajstić information content (AvgIpc) is 3.20. The number of aromatic amines is 1. The third-order valence-corrected chi connectivity index (χ3v) is 5.76. The summed E-state index contributed by atoms with van der Waals surface area (Å²) in [4.78, 5) is 13.0. The van der Waals surface area contributed by atoms with Gasteiger partial charge in [0.15, 0.2) is 0 Å². The molecule has 5 nitrogen and oxygen atoms in total. The molecule has 5 heteroatoms. The number of anilines is 1. The second-order valence-corrected chi connectivity index (χ2v) is 8.37. The summed E-state index contributed by atoms with van der Waals surface area (Å²) in [6.07, 6.45) is 3.07. The molecule has 1 saturated heterocycles. The summed E-state index contributed by atoms with van der Waals surface area (Å²) >= 11 is 0. The van der Waals surface area contributed by atoms with Crippen LogP contribution in [-0.2, 0) is 6.54 Å². The Bertz CT molecular complexity index is 878. The number of hydrogen-bond donors (Lipinski definition) is 2. The Balaban J connectivity index is 1.22. The quantitative estimate of drug-likeness (QED) is 0.660. The van der Waals surface area contributed by atoms with Crippen molar-refractivity contribution in [3.63, 3.8) is 0 Å². The van der Waals surface area contributed by atoms with Gasteiger partial charge in [-0.1, -0.05) is 18.2 Å². The van der Waals surface area contributed by atoms with Crippen LogP contribution >= 0.6 is 0 Å². The smallest absolute Gasteiger partial charge is 0.137 e. The molecule has 4 rings (SSSR count). The molecule has 0 aliphatic carbocycles. The zero-order chi connectivity index (χ0) is 19.4. The molecule has 3 aromatic rings. The largest absolute Gasteiger partial charge is 0.369 e. The maximum absolute atomic E-state index is 4.69. The molecule has 0 saturated carbocycles. The minimum Gasteiger partial charge on any atom is -0.369 e. The van der Waals surface area contributed by atoms with E-state index in [0.717, 1.165) is 62.4 Å². The Kier molecular flexibility index (Phi) is 5.64. The van der Waals surface area contributed by atoms with E-state index in [0.29, 0.717) is 0 Å². The second kappa shape index (κ2) is 8.33. The molecule has 0 radical (unpaired) electrons. The van der Waals surface area contributed by atoms with Crippen LogP contribution in [0.1, 0.15) is 26.0 Å². The minimum absolute atomic E-state index is 0.0862. The highest BCUT2D eigenvalue weighted by molar-refractivity contribution is 5.75. The van der Waals surface area contributed by atoms with Crippen molar-refractivity contribution in [3.8, 4) is 0 Å². The van der Waals surface area contributed by atoms with E-state index < -0.39 is 0 Å². The first kappa shape index (κ1) is 19.0.